The van der Waals surface area contributed by atoms with Crippen LogP contribution in [0.25, 0.3) is 0 Å². The van der Waals surface area contributed by atoms with Crippen molar-refractivity contribution in [2.24, 2.45) is 23.0 Å². The molecule has 96 valence electrons. The minimum atomic E-state index is 0.0231. The molecule has 0 aliphatic carbocycles. The zero-order valence-electron chi connectivity index (χ0n) is 11.4. The molecule has 1 saturated heterocycles. The first-order valence-corrected chi connectivity index (χ1v) is 6.38. The Labute approximate surface area is 100 Å². The van der Waals surface area contributed by atoms with Gasteiger partial charge in [-0.25, -0.2) is 0 Å². The monoisotopic (exact) mass is 228 g/mol. The number of hydrogen-bond donors (Lipinski definition) is 2. The van der Waals surface area contributed by atoms with E-state index in [1.54, 1.807) is 0 Å². The molecule has 4 unspecified atom stereocenters. The van der Waals surface area contributed by atoms with Gasteiger partial charge in [-0.1, -0.05) is 34.6 Å². The molecule has 1 heterocycles. The van der Waals surface area contributed by atoms with Crippen LogP contribution in [-0.4, -0.2) is 41.8 Å². The third-order valence-corrected chi connectivity index (χ3v) is 4.09. The summed E-state index contributed by atoms with van der Waals surface area (Å²) in [6, 6.07) is 0.127. The number of aliphatic hydroxyl groups is 1. The Morgan fingerprint density at radius 2 is 1.69 bits per heavy atom. The summed E-state index contributed by atoms with van der Waals surface area (Å²) in [4.78, 5) is 2.37. The Kier molecular flexibility index (Phi) is 4.38. The van der Waals surface area contributed by atoms with Gasteiger partial charge in [0.15, 0.2) is 0 Å². The lowest BCUT2D eigenvalue weighted by atomic mass is 9.82. The quantitative estimate of drug-likeness (QED) is 0.766. The van der Waals surface area contributed by atoms with Crippen LogP contribution >= 0.6 is 0 Å². The van der Waals surface area contributed by atoms with Gasteiger partial charge >= 0.3 is 0 Å². The number of nitrogens with two attached hydrogens (primary N) is 1. The largest absolute Gasteiger partial charge is 0.395 e. The molecule has 1 aliphatic heterocycles. The molecule has 3 nitrogen and oxygen atoms in total. The minimum Gasteiger partial charge on any atom is -0.395 e. The molecule has 0 spiro atoms. The number of nitrogens with zero attached hydrogens (tertiary/aromatic N) is 1. The van der Waals surface area contributed by atoms with Crippen LogP contribution in [0, 0.1) is 17.3 Å². The predicted octanol–water partition coefficient (Wildman–Crippen LogP) is 1.31. The fraction of sp³-hybridized carbons (Fsp3) is 1.00. The summed E-state index contributed by atoms with van der Waals surface area (Å²) in [6.45, 7) is 13.3. The van der Waals surface area contributed by atoms with Crippen LogP contribution in [0.4, 0.5) is 0 Å². The number of aliphatic hydroxyl groups excluding tert-OH is 1. The topological polar surface area (TPSA) is 49.5 Å². The van der Waals surface area contributed by atoms with Gasteiger partial charge < -0.3 is 10.8 Å². The number of rotatable bonds is 3. The number of hydrogen-bond acceptors (Lipinski definition) is 3. The van der Waals surface area contributed by atoms with Crippen LogP contribution in [0.3, 0.4) is 0 Å². The van der Waals surface area contributed by atoms with Gasteiger partial charge in [0.2, 0.25) is 0 Å². The Morgan fingerprint density at radius 3 is 2.00 bits per heavy atom. The highest BCUT2D eigenvalue weighted by molar-refractivity contribution is 4.93. The van der Waals surface area contributed by atoms with Crippen molar-refractivity contribution in [3.8, 4) is 0 Å². The molecule has 0 aromatic rings. The van der Waals surface area contributed by atoms with E-state index in [-0.39, 0.29) is 24.1 Å². The molecule has 3 N–H and O–H groups in total. The summed E-state index contributed by atoms with van der Waals surface area (Å²) in [5.41, 5.74) is 6.32. The molecule has 4 atom stereocenters. The summed E-state index contributed by atoms with van der Waals surface area (Å²) in [5, 5.41) is 9.57. The molecule has 1 aliphatic rings. The van der Waals surface area contributed by atoms with Crippen molar-refractivity contribution < 1.29 is 5.11 Å². The van der Waals surface area contributed by atoms with Gasteiger partial charge in [0, 0.05) is 25.2 Å². The maximum atomic E-state index is 9.57. The molecule has 0 radical (unpaired) electrons. The normalized spacial score (nSPS) is 31.7. The van der Waals surface area contributed by atoms with E-state index >= 15 is 0 Å². The van der Waals surface area contributed by atoms with Crippen LogP contribution in [0.2, 0.25) is 0 Å². The van der Waals surface area contributed by atoms with Crippen molar-refractivity contribution in [2.75, 3.05) is 19.7 Å². The van der Waals surface area contributed by atoms with Gasteiger partial charge in [-0.15, -0.1) is 0 Å². The van der Waals surface area contributed by atoms with Gasteiger partial charge in [0.1, 0.15) is 0 Å². The molecule has 1 rings (SSSR count). The molecule has 0 bridgehead atoms. The Balaban J connectivity index is 2.69. The summed E-state index contributed by atoms with van der Waals surface area (Å²) >= 11 is 0. The first-order valence-electron chi connectivity index (χ1n) is 6.38. The second kappa shape index (κ2) is 5.03. The molecular formula is C13H28N2O. The summed E-state index contributed by atoms with van der Waals surface area (Å²) in [6.07, 6.45) is 0. The smallest absolute Gasteiger partial charge is 0.0602 e. The van der Waals surface area contributed by atoms with E-state index in [1.807, 2.05) is 0 Å². The van der Waals surface area contributed by atoms with Gasteiger partial charge in [0.25, 0.3) is 0 Å². The van der Waals surface area contributed by atoms with Gasteiger partial charge in [-0.05, 0) is 17.3 Å². The summed E-state index contributed by atoms with van der Waals surface area (Å²) < 4.78 is 0. The highest BCUT2D eigenvalue weighted by atomic mass is 16.3. The molecule has 0 aromatic heterocycles. The van der Waals surface area contributed by atoms with Crippen molar-refractivity contribution >= 4 is 0 Å². The SMILES string of the molecule is CC1CN(C(CO)C(N)C(C)(C)C)CC1C. The highest BCUT2D eigenvalue weighted by Gasteiger charge is 2.37. The third-order valence-electron chi connectivity index (χ3n) is 4.09. The van der Waals surface area contributed by atoms with E-state index in [2.05, 4.69) is 39.5 Å². The molecule has 0 amide bonds. The first-order chi connectivity index (χ1) is 7.27. The minimum absolute atomic E-state index is 0.0231. The predicted molar refractivity (Wildman–Crippen MR) is 68.2 cm³/mol. The molecule has 0 aromatic carbocycles. The van der Waals surface area contributed by atoms with Gasteiger partial charge in [-0.2, -0.15) is 0 Å². The lowest BCUT2D eigenvalue weighted by Gasteiger charge is -2.38. The van der Waals surface area contributed by atoms with E-state index in [4.69, 9.17) is 5.73 Å². The Hall–Kier alpha value is -0.120. The lowest BCUT2D eigenvalue weighted by Crippen LogP contribution is -2.55. The lowest BCUT2D eigenvalue weighted by molar-refractivity contribution is 0.0841. The Morgan fingerprint density at radius 1 is 1.25 bits per heavy atom. The van der Waals surface area contributed by atoms with Crippen molar-refractivity contribution in [1.82, 2.24) is 4.90 Å². The molecule has 16 heavy (non-hydrogen) atoms. The fourth-order valence-corrected chi connectivity index (χ4v) is 2.48. The molecule has 1 fully saturated rings. The first kappa shape index (κ1) is 13.9. The van der Waals surface area contributed by atoms with Crippen LogP contribution in [0.15, 0.2) is 0 Å². The maximum Gasteiger partial charge on any atom is 0.0602 e. The standard InChI is InChI=1S/C13H28N2O/c1-9-6-15(7-10(9)2)11(8-16)12(14)13(3,4)5/h9-12,16H,6-8,14H2,1-5H3. The van der Waals surface area contributed by atoms with Gasteiger partial charge in [-0.3, -0.25) is 4.90 Å². The van der Waals surface area contributed by atoms with E-state index < -0.39 is 0 Å². The summed E-state index contributed by atoms with van der Waals surface area (Å²) in [7, 11) is 0. The van der Waals surface area contributed by atoms with E-state index in [9.17, 15) is 5.11 Å². The van der Waals surface area contributed by atoms with Gasteiger partial charge in [0.05, 0.1) is 6.61 Å². The van der Waals surface area contributed by atoms with Crippen LogP contribution < -0.4 is 5.73 Å². The van der Waals surface area contributed by atoms with Crippen LogP contribution in [0.5, 0.6) is 0 Å². The zero-order valence-corrected chi connectivity index (χ0v) is 11.4. The molecule has 0 saturated carbocycles. The van der Waals surface area contributed by atoms with E-state index in [0.717, 1.165) is 13.1 Å². The van der Waals surface area contributed by atoms with E-state index in [1.165, 1.54) is 0 Å². The Bertz CT molecular complexity index is 214. The van der Waals surface area contributed by atoms with E-state index in [0.29, 0.717) is 11.8 Å². The van der Waals surface area contributed by atoms with Crippen molar-refractivity contribution in [2.45, 2.75) is 46.7 Å². The van der Waals surface area contributed by atoms with Crippen molar-refractivity contribution in [3.63, 3.8) is 0 Å². The maximum absolute atomic E-state index is 9.57. The van der Waals surface area contributed by atoms with Crippen LogP contribution in [-0.2, 0) is 0 Å². The fourth-order valence-electron chi connectivity index (χ4n) is 2.48. The molecule has 3 heteroatoms. The van der Waals surface area contributed by atoms with Crippen molar-refractivity contribution in [3.05, 3.63) is 0 Å². The van der Waals surface area contributed by atoms with Crippen molar-refractivity contribution in [1.29, 1.82) is 0 Å². The highest BCUT2D eigenvalue weighted by Crippen LogP contribution is 2.29. The zero-order chi connectivity index (χ0) is 12.5. The van der Waals surface area contributed by atoms with Crippen LogP contribution in [0.1, 0.15) is 34.6 Å². The third kappa shape index (κ3) is 2.96. The second-order valence-corrected chi connectivity index (χ2v) is 6.55. The second-order valence-electron chi connectivity index (χ2n) is 6.55. The molecular weight excluding hydrogens is 200 g/mol. The summed E-state index contributed by atoms with van der Waals surface area (Å²) in [5.74, 6) is 1.42. The number of likely N-dealkylation sites (tertiary alicyclic amines) is 1. The average molecular weight is 228 g/mol. The average Bonchev–Trinajstić information content (AvgIpc) is 2.46.